The molecule has 1 amide bonds. The molecule has 0 bridgehead atoms. The first kappa shape index (κ1) is 26.1. The van der Waals surface area contributed by atoms with Gasteiger partial charge in [0.05, 0.1) is 20.5 Å². The number of amides is 1. The van der Waals surface area contributed by atoms with Gasteiger partial charge >= 0.3 is 6.36 Å². The number of rotatable bonds is 6. The Bertz CT molecular complexity index is 1520. The lowest BCUT2D eigenvalue weighted by molar-refractivity contribution is -0.274. The summed E-state index contributed by atoms with van der Waals surface area (Å²) < 4.78 is 68.2. The average Bonchev–Trinajstić information content (AvgIpc) is 2.74. The van der Waals surface area contributed by atoms with Crippen LogP contribution in [0.1, 0.15) is 10.4 Å². The zero-order valence-electron chi connectivity index (χ0n) is 17.9. The molecule has 3 N–H and O–H groups in total. The summed E-state index contributed by atoms with van der Waals surface area (Å²) >= 11 is 11.7. The standard InChI is InChI=1S/C21H16Cl2F3N3O6S/c22-14-3-2-12(6-15(14)23)36(33,34)29-8-10(9-29)7-27-19(31)17-13-5-11(35-21(24,25)26)1-4-16(13)28-20(32)18(17)30/h1-6,10,30H,7-9H2,(H,27,31)(H,28,32). The number of ether oxygens (including phenoxy) is 1. The van der Waals surface area contributed by atoms with Crippen LogP contribution in [0.15, 0.2) is 46.1 Å². The highest BCUT2D eigenvalue weighted by Gasteiger charge is 2.37. The number of hydrogen-bond acceptors (Lipinski definition) is 6. The molecule has 36 heavy (non-hydrogen) atoms. The van der Waals surface area contributed by atoms with Crippen molar-refractivity contribution < 1.29 is 36.2 Å². The Balaban J connectivity index is 1.48. The largest absolute Gasteiger partial charge is 0.573 e. The molecule has 4 rings (SSSR count). The van der Waals surface area contributed by atoms with Gasteiger partial charge in [-0.05, 0) is 36.4 Å². The SMILES string of the molecule is O=C(NCC1CN(S(=O)(=O)c2ccc(Cl)c(Cl)c2)C1)c1c(O)c(=O)[nH]c2ccc(OC(F)(F)F)cc12. The van der Waals surface area contributed by atoms with Gasteiger partial charge in [0.2, 0.25) is 10.0 Å². The molecule has 0 aliphatic carbocycles. The molecule has 0 unspecified atom stereocenters. The first-order chi connectivity index (χ1) is 16.8. The summed E-state index contributed by atoms with van der Waals surface area (Å²) in [6.07, 6.45) is -4.99. The maximum atomic E-state index is 12.8. The molecule has 0 saturated carbocycles. The molecule has 0 spiro atoms. The minimum atomic E-state index is -4.99. The number of nitrogens with zero attached hydrogens (tertiary/aromatic N) is 1. The van der Waals surface area contributed by atoms with Crippen LogP contribution in [-0.2, 0) is 10.0 Å². The van der Waals surface area contributed by atoms with E-state index in [4.69, 9.17) is 23.2 Å². The first-order valence-electron chi connectivity index (χ1n) is 10.1. The minimum absolute atomic E-state index is 0.0000115. The molecule has 2 aromatic carbocycles. The van der Waals surface area contributed by atoms with Gasteiger partial charge in [-0.3, -0.25) is 9.59 Å². The number of halogens is 5. The molecule has 192 valence electrons. The number of aromatic nitrogens is 1. The van der Waals surface area contributed by atoms with E-state index < -0.39 is 44.9 Å². The maximum Gasteiger partial charge on any atom is 0.573 e. The number of carbonyl (C=O) groups excluding carboxylic acids is 1. The number of aromatic amines is 1. The first-order valence-corrected chi connectivity index (χ1v) is 12.3. The Morgan fingerprint density at radius 1 is 1.17 bits per heavy atom. The van der Waals surface area contributed by atoms with E-state index >= 15 is 0 Å². The number of fused-ring (bicyclic) bond motifs is 1. The van der Waals surface area contributed by atoms with Crippen molar-refractivity contribution in [3.05, 3.63) is 62.4 Å². The highest BCUT2D eigenvalue weighted by molar-refractivity contribution is 7.89. The quantitative estimate of drug-likeness (QED) is 0.419. The lowest BCUT2D eigenvalue weighted by Crippen LogP contribution is -2.53. The summed E-state index contributed by atoms with van der Waals surface area (Å²) in [6, 6.07) is 6.82. The maximum absolute atomic E-state index is 12.8. The topological polar surface area (TPSA) is 129 Å². The molecule has 1 aromatic heterocycles. The van der Waals surface area contributed by atoms with Crippen molar-refractivity contribution >= 4 is 50.0 Å². The van der Waals surface area contributed by atoms with E-state index in [1.807, 2.05) is 0 Å². The van der Waals surface area contributed by atoms with Crippen LogP contribution in [0.2, 0.25) is 10.0 Å². The summed E-state index contributed by atoms with van der Waals surface area (Å²) in [5.41, 5.74) is -1.55. The number of alkyl halides is 3. The van der Waals surface area contributed by atoms with Crippen molar-refractivity contribution in [3.8, 4) is 11.5 Å². The number of hydrogen-bond donors (Lipinski definition) is 3. The number of aromatic hydroxyl groups is 1. The van der Waals surface area contributed by atoms with Crippen LogP contribution in [-0.4, -0.2) is 54.7 Å². The molecule has 2 heterocycles. The van der Waals surface area contributed by atoms with Crippen LogP contribution in [0, 0.1) is 5.92 Å². The van der Waals surface area contributed by atoms with E-state index in [1.54, 1.807) is 0 Å². The number of benzene rings is 2. The summed E-state index contributed by atoms with van der Waals surface area (Å²) in [4.78, 5) is 27.0. The summed E-state index contributed by atoms with van der Waals surface area (Å²) in [5.74, 6) is -2.87. The molecular weight excluding hydrogens is 550 g/mol. The number of carbonyl (C=O) groups is 1. The third kappa shape index (κ3) is 5.24. The van der Waals surface area contributed by atoms with Crippen LogP contribution in [0.4, 0.5) is 13.2 Å². The van der Waals surface area contributed by atoms with Gasteiger partial charge in [0.15, 0.2) is 5.75 Å². The minimum Gasteiger partial charge on any atom is -0.502 e. The Morgan fingerprint density at radius 2 is 1.86 bits per heavy atom. The van der Waals surface area contributed by atoms with E-state index in [9.17, 15) is 36.3 Å². The molecule has 1 aliphatic heterocycles. The van der Waals surface area contributed by atoms with Crippen molar-refractivity contribution in [3.63, 3.8) is 0 Å². The van der Waals surface area contributed by atoms with E-state index in [0.717, 1.165) is 18.2 Å². The molecule has 0 radical (unpaired) electrons. The molecule has 9 nitrogen and oxygen atoms in total. The number of nitrogens with one attached hydrogen (secondary N) is 2. The van der Waals surface area contributed by atoms with E-state index in [-0.39, 0.29) is 51.4 Å². The summed E-state index contributed by atoms with van der Waals surface area (Å²) in [7, 11) is -3.84. The summed E-state index contributed by atoms with van der Waals surface area (Å²) in [5, 5.41) is 12.8. The molecular formula is C21H16Cl2F3N3O6S. The second-order valence-corrected chi connectivity index (χ2v) is 10.7. The van der Waals surface area contributed by atoms with Crippen LogP contribution in [0.3, 0.4) is 0 Å². The highest BCUT2D eigenvalue weighted by atomic mass is 35.5. The third-order valence-electron chi connectivity index (χ3n) is 5.42. The van der Waals surface area contributed by atoms with Gasteiger partial charge in [0.1, 0.15) is 5.75 Å². The van der Waals surface area contributed by atoms with E-state index in [1.165, 1.54) is 22.5 Å². The number of H-pyrrole nitrogens is 1. The van der Waals surface area contributed by atoms with Gasteiger partial charge < -0.3 is 20.1 Å². The predicted octanol–water partition coefficient (Wildman–Crippen LogP) is 3.49. The zero-order valence-corrected chi connectivity index (χ0v) is 20.2. The van der Waals surface area contributed by atoms with Gasteiger partial charge in [-0.15, -0.1) is 13.2 Å². The Morgan fingerprint density at radius 3 is 2.50 bits per heavy atom. The van der Waals surface area contributed by atoms with Gasteiger partial charge in [0, 0.05) is 36.5 Å². The third-order valence-corrected chi connectivity index (χ3v) is 7.99. The second kappa shape index (κ2) is 9.47. The lowest BCUT2D eigenvalue weighted by atomic mass is 10.0. The van der Waals surface area contributed by atoms with Gasteiger partial charge in [0.25, 0.3) is 11.5 Å². The average molecular weight is 566 g/mol. The van der Waals surface area contributed by atoms with Crippen LogP contribution in [0.25, 0.3) is 10.9 Å². The lowest BCUT2D eigenvalue weighted by Gasteiger charge is -2.38. The Hall–Kier alpha value is -3.00. The Labute approximate surface area is 211 Å². The van der Waals surface area contributed by atoms with Crippen molar-refractivity contribution in [2.24, 2.45) is 5.92 Å². The molecule has 0 atom stereocenters. The van der Waals surface area contributed by atoms with Crippen molar-refractivity contribution in [2.45, 2.75) is 11.3 Å². The normalized spacial score (nSPS) is 15.0. The fourth-order valence-corrected chi connectivity index (χ4v) is 5.63. The smallest absolute Gasteiger partial charge is 0.502 e. The van der Waals surface area contributed by atoms with Gasteiger partial charge in [-0.25, -0.2) is 8.42 Å². The second-order valence-electron chi connectivity index (χ2n) is 7.91. The molecule has 15 heteroatoms. The fraction of sp³-hybridized carbons (Fsp3) is 0.238. The molecule has 1 aliphatic rings. The van der Waals surface area contributed by atoms with Crippen LogP contribution < -0.4 is 15.6 Å². The zero-order chi connectivity index (χ0) is 26.4. The number of pyridine rings is 1. The van der Waals surface area contributed by atoms with Crippen molar-refractivity contribution in [1.82, 2.24) is 14.6 Å². The van der Waals surface area contributed by atoms with Crippen LogP contribution >= 0.6 is 23.2 Å². The Kier molecular flexibility index (Phi) is 6.86. The van der Waals surface area contributed by atoms with Crippen LogP contribution in [0.5, 0.6) is 11.5 Å². The predicted molar refractivity (Wildman–Crippen MR) is 124 cm³/mol. The van der Waals surface area contributed by atoms with E-state index in [0.29, 0.717) is 0 Å². The fourth-order valence-electron chi connectivity index (χ4n) is 3.65. The highest BCUT2D eigenvalue weighted by Crippen LogP contribution is 2.31. The monoisotopic (exact) mass is 565 g/mol. The van der Waals surface area contributed by atoms with Gasteiger partial charge in [-0.1, -0.05) is 23.2 Å². The number of sulfonamides is 1. The van der Waals surface area contributed by atoms with E-state index in [2.05, 4.69) is 15.0 Å². The van der Waals surface area contributed by atoms with Crippen molar-refractivity contribution in [1.29, 1.82) is 0 Å². The molecule has 3 aromatic rings. The summed E-state index contributed by atoms with van der Waals surface area (Å²) in [6.45, 7) is 0.0990. The van der Waals surface area contributed by atoms with Crippen molar-refractivity contribution in [2.75, 3.05) is 19.6 Å². The molecule has 1 fully saturated rings. The van der Waals surface area contributed by atoms with Gasteiger partial charge in [-0.2, -0.15) is 4.31 Å². The molecule has 1 saturated heterocycles.